The van der Waals surface area contributed by atoms with Gasteiger partial charge in [-0.2, -0.15) is 0 Å². The van der Waals surface area contributed by atoms with Gasteiger partial charge in [0, 0.05) is 17.4 Å². The SMILES string of the molecule is COc1ccc(C(=O)Nc2ccc(C(O)C3COCC(=O)N3Cc3ccccn3)cc2)cc1. The van der Waals surface area contributed by atoms with Crippen LogP contribution in [0.25, 0.3) is 0 Å². The van der Waals surface area contributed by atoms with Crippen molar-refractivity contribution in [3.63, 3.8) is 0 Å². The topological polar surface area (TPSA) is 101 Å². The van der Waals surface area contributed by atoms with E-state index in [1.807, 2.05) is 18.2 Å². The molecule has 1 aliphatic heterocycles. The number of benzene rings is 2. The van der Waals surface area contributed by atoms with Gasteiger partial charge in [0.25, 0.3) is 5.91 Å². The normalized spacial score (nSPS) is 16.8. The summed E-state index contributed by atoms with van der Waals surface area (Å²) in [4.78, 5) is 30.9. The van der Waals surface area contributed by atoms with Gasteiger partial charge < -0.3 is 24.8 Å². The molecule has 1 fully saturated rings. The van der Waals surface area contributed by atoms with Gasteiger partial charge in [0.2, 0.25) is 5.91 Å². The van der Waals surface area contributed by atoms with E-state index in [0.717, 1.165) is 5.69 Å². The number of rotatable bonds is 7. The van der Waals surface area contributed by atoms with Gasteiger partial charge in [0.15, 0.2) is 0 Å². The average molecular weight is 447 g/mol. The molecule has 3 aromatic rings. The first-order valence-corrected chi connectivity index (χ1v) is 10.6. The Labute approximate surface area is 191 Å². The van der Waals surface area contributed by atoms with E-state index in [-0.39, 0.29) is 25.0 Å². The zero-order chi connectivity index (χ0) is 23.2. The van der Waals surface area contributed by atoms with Crippen molar-refractivity contribution in [1.82, 2.24) is 9.88 Å². The molecule has 2 N–H and O–H groups in total. The van der Waals surface area contributed by atoms with Crippen molar-refractivity contribution in [2.75, 3.05) is 25.6 Å². The summed E-state index contributed by atoms with van der Waals surface area (Å²) in [6, 6.07) is 18.7. The molecule has 33 heavy (non-hydrogen) atoms. The van der Waals surface area contributed by atoms with Crippen LogP contribution in [-0.2, 0) is 16.1 Å². The van der Waals surface area contributed by atoms with Gasteiger partial charge in [-0.05, 0) is 54.1 Å². The number of aliphatic hydroxyl groups excluding tert-OH is 1. The van der Waals surface area contributed by atoms with Crippen molar-refractivity contribution < 1.29 is 24.2 Å². The van der Waals surface area contributed by atoms with Crippen LogP contribution in [-0.4, -0.2) is 53.2 Å². The van der Waals surface area contributed by atoms with Gasteiger partial charge in [0.05, 0.1) is 32.0 Å². The monoisotopic (exact) mass is 447 g/mol. The summed E-state index contributed by atoms with van der Waals surface area (Å²) in [7, 11) is 1.57. The summed E-state index contributed by atoms with van der Waals surface area (Å²) in [5, 5.41) is 13.8. The number of carbonyl (C=O) groups excluding carboxylic acids is 2. The van der Waals surface area contributed by atoms with Crippen molar-refractivity contribution in [3.8, 4) is 5.75 Å². The van der Waals surface area contributed by atoms with Gasteiger partial charge >= 0.3 is 0 Å². The summed E-state index contributed by atoms with van der Waals surface area (Å²) >= 11 is 0. The number of amides is 2. The second kappa shape index (κ2) is 10.2. The average Bonchev–Trinajstić information content (AvgIpc) is 2.86. The van der Waals surface area contributed by atoms with Crippen LogP contribution in [0.4, 0.5) is 5.69 Å². The zero-order valence-electron chi connectivity index (χ0n) is 18.2. The third-order valence-corrected chi connectivity index (χ3v) is 5.52. The molecule has 0 saturated carbocycles. The molecule has 0 aliphatic carbocycles. The number of ether oxygens (including phenoxy) is 2. The van der Waals surface area contributed by atoms with Crippen LogP contribution in [0.3, 0.4) is 0 Å². The number of anilines is 1. The Bertz CT molecular complexity index is 1090. The van der Waals surface area contributed by atoms with Crippen molar-refractivity contribution >= 4 is 17.5 Å². The van der Waals surface area contributed by atoms with Gasteiger partial charge in [-0.25, -0.2) is 0 Å². The molecule has 2 atom stereocenters. The lowest BCUT2D eigenvalue weighted by Gasteiger charge is -2.38. The highest BCUT2D eigenvalue weighted by atomic mass is 16.5. The molecule has 8 nitrogen and oxygen atoms in total. The summed E-state index contributed by atoms with van der Waals surface area (Å²) in [5.41, 5.74) is 2.45. The molecule has 2 aromatic carbocycles. The molecule has 1 saturated heterocycles. The van der Waals surface area contributed by atoms with E-state index in [0.29, 0.717) is 29.1 Å². The molecular formula is C25H25N3O5. The minimum atomic E-state index is -0.954. The molecule has 0 radical (unpaired) electrons. The lowest BCUT2D eigenvalue weighted by atomic mass is 9.99. The fourth-order valence-electron chi connectivity index (χ4n) is 3.69. The van der Waals surface area contributed by atoms with Gasteiger partial charge in [-0.1, -0.05) is 18.2 Å². The maximum Gasteiger partial charge on any atom is 0.255 e. The second-order valence-electron chi connectivity index (χ2n) is 7.67. The van der Waals surface area contributed by atoms with Crippen LogP contribution in [0.15, 0.2) is 72.9 Å². The Balaban J connectivity index is 1.44. The molecule has 1 aromatic heterocycles. The molecule has 2 unspecified atom stereocenters. The summed E-state index contributed by atoms with van der Waals surface area (Å²) in [6.07, 6.45) is 0.717. The van der Waals surface area contributed by atoms with Crippen molar-refractivity contribution in [2.45, 2.75) is 18.7 Å². The third kappa shape index (κ3) is 5.36. The Morgan fingerprint density at radius 1 is 1.18 bits per heavy atom. The number of nitrogens with one attached hydrogen (secondary N) is 1. The number of pyridine rings is 1. The zero-order valence-corrected chi connectivity index (χ0v) is 18.2. The molecule has 170 valence electrons. The van der Waals surface area contributed by atoms with Crippen LogP contribution in [0.1, 0.15) is 27.7 Å². The Morgan fingerprint density at radius 2 is 1.94 bits per heavy atom. The molecule has 8 heteroatoms. The number of hydrogen-bond donors (Lipinski definition) is 2. The Kier molecular flexibility index (Phi) is 6.97. The fraction of sp³-hybridized carbons (Fsp3) is 0.240. The minimum absolute atomic E-state index is 0.0214. The Hall–Kier alpha value is -3.75. The maximum atomic E-state index is 12.5. The van der Waals surface area contributed by atoms with Crippen molar-refractivity contribution in [3.05, 3.63) is 89.7 Å². The van der Waals surface area contributed by atoms with Crippen LogP contribution in [0.2, 0.25) is 0 Å². The molecule has 1 aliphatic rings. The lowest BCUT2D eigenvalue weighted by Crippen LogP contribution is -2.51. The van der Waals surface area contributed by atoms with E-state index in [1.54, 1.807) is 66.7 Å². The summed E-state index contributed by atoms with van der Waals surface area (Å²) < 4.78 is 10.5. The van der Waals surface area contributed by atoms with E-state index in [4.69, 9.17) is 9.47 Å². The lowest BCUT2D eigenvalue weighted by molar-refractivity contribution is -0.155. The number of carbonyl (C=O) groups is 2. The van der Waals surface area contributed by atoms with E-state index >= 15 is 0 Å². The maximum absolute atomic E-state index is 12.5. The number of morpholine rings is 1. The first-order chi connectivity index (χ1) is 16.0. The standard InChI is InChI=1S/C25H25N3O5/c1-32-21-11-7-18(8-12-21)25(31)27-19-9-5-17(6-10-19)24(30)22-15-33-16-23(29)28(22)14-20-4-2-3-13-26-20/h2-13,22,24,30H,14-16H2,1H3,(H,27,31). The number of nitrogens with zero attached hydrogens (tertiary/aromatic N) is 2. The molecular weight excluding hydrogens is 422 g/mol. The fourth-order valence-corrected chi connectivity index (χ4v) is 3.69. The van der Waals surface area contributed by atoms with Crippen molar-refractivity contribution in [2.24, 2.45) is 0 Å². The van der Waals surface area contributed by atoms with E-state index < -0.39 is 12.1 Å². The number of methoxy groups -OCH3 is 1. The van der Waals surface area contributed by atoms with Gasteiger partial charge in [-0.15, -0.1) is 0 Å². The highest BCUT2D eigenvalue weighted by molar-refractivity contribution is 6.04. The summed E-state index contributed by atoms with van der Waals surface area (Å²) in [6.45, 7) is 0.489. The van der Waals surface area contributed by atoms with Crippen LogP contribution in [0.5, 0.6) is 5.75 Å². The van der Waals surface area contributed by atoms with E-state index in [1.165, 1.54) is 0 Å². The second-order valence-corrected chi connectivity index (χ2v) is 7.67. The van der Waals surface area contributed by atoms with Crippen LogP contribution in [0, 0.1) is 0 Å². The van der Waals surface area contributed by atoms with Crippen LogP contribution < -0.4 is 10.1 Å². The first-order valence-electron chi connectivity index (χ1n) is 10.6. The third-order valence-electron chi connectivity index (χ3n) is 5.52. The Morgan fingerprint density at radius 3 is 2.61 bits per heavy atom. The molecule has 0 bridgehead atoms. The highest BCUT2D eigenvalue weighted by Crippen LogP contribution is 2.26. The predicted molar refractivity (Wildman–Crippen MR) is 122 cm³/mol. The molecule has 4 rings (SSSR count). The number of hydrogen-bond acceptors (Lipinski definition) is 6. The van der Waals surface area contributed by atoms with Crippen LogP contribution >= 0.6 is 0 Å². The largest absolute Gasteiger partial charge is 0.497 e. The number of aliphatic hydroxyl groups is 1. The molecule has 0 spiro atoms. The first kappa shape index (κ1) is 22.4. The summed E-state index contributed by atoms with van der Waals surface area (Å²) in [5.74, 6) is 0.227. The van der Waals surface area contributed by atoms with Crippen molar-refractivity contribution in [1.29, 1.82) is 0 Å². The minimum Gasteiger partial charge on any atom is -0.497 e. The predicted octanol–water partition coefficient (Wildman–Crippen LogP) is 2.80. The molecule has 2 heterocycles. The quantitative estimate of drug-likeness (QED) is 0.578. The van der Waals surface area contributed by atoms with E-state index in [9.17, 15) is 14.7 Å². The smallest absolute Gasteiger partial charge is 0.255 e. The highest BCUT2D eigenvalue weighted by Gasteiger charge is 2.34. The van der Waals surface area contributed by atoms with E-state index in [2.05, 4.69) is 10.3 Å². The number of aromatic nitrogens is 1. The van der Waals surface area contributed by atoms with Gasteiger partial charge in [0.1, 0.15) is 18.5 Å². The molecule has 2 amide bonds. The van der Waals surface area contributed by atoms with Gasteiger partial charge in [-0.3, -0.25) is 14.6 Å².